The monoisotopic (exact) mass is 376 g/mol. The smallest absolute Gasteiger partial charge is 0.323 e. The second-order valence-electron chi connectivity index (χ2n) is 8.18. The number of urea groups is 1. The maximum Gasteiger partial charge on any atom is 0.323 e. The van der Waals surface area contributed by atoms with Crippen LogP contribution in [0, 0.1) is 0 Å². The number of amides is 2. The molecule has 28 heavy (non-hydrogen) atoms. The molecule has 144 valence electrons. The van der Waals surface area contributed by atoms with Crippen molar-refractivity contribution >= 4 is 23.2 Å². The van der Waals surface area contributed by atoms with Gasteiger partial charge in [0.05, 0.1) is 18.2 Å². The average Bonchev–Trinajstić information content (AvgIpc) is 3.43. The summed E-state index contributed by atoms with van der Waals surface area (Å²) in [6.07, 6.45) is 5.90. The van der Waals surface area contributed by atoms with Crippen molar-refractivity contribution in [3.8, 4) is 5.75 Å². The van der Waals surface area contributed by atoms with Gasteiger partial charge in [-0.05, 0) is 72.6 Å². The van der Waals surface area contributed by atoms with E-state index in [1.807, 2.05) is 24.3 Å². The van der Waals surface area contributed by atoms with Gasteiger partial charge in [0, 0.05) is 12.1 Å². The predicted octanol–water partition coefficient (Wildman–Crippen LogP) is 4.76. The minimum Gasteiger partial charge on any atom is -0.495 e. The van der Waals surface area contributed by atoms with Crippen molar-refractivity contribution in [3.63, 3.8) is 0 Å². The Bertz CT molecular complexity index is 974. The van der Waals surface area contributed by atoms with Crippen LogP contribution in [0.1, 0.15) is 54.7 Å². The van der Waals surface area contributed by atoms with Crippen molar-refractivity contribution < 1.29 is 14.3 Å². The summed E-state index contributed by atoms with van der Waals surface area (Å²) in [6, 6.07) is 11.1. The van der Waals surface area contributed by atoms with Gasteiger partial charge in [-0.15, -0.1) is 0 Å². The molecule has 5 rings (SSSR count). The fourth-order valence-corrected chi connectivity index (χ4v) is 4.74. The minimum atomic E-state index is -0.307. The van der Waals surface area contributed by atoms with Gasteiger partial charge in [0.15, 0.2) is 0 Å². The van der Waals surface area contributed by atoms with E-state index < -0.39 is 0 Å². The number of fused-ring (bicyclic) bond motifs is 2. The summed E-state index contributed by atoms with van der Waals surface area (Å²) in [4.78, 5) is 25.4. The lowest BCUT2D eigenvalue weighted by Gasteiger charge is -2.38. The number of ketones is 1. The van der Waals surface area contributed by atoms with Gasteiger partial charge in [0.2, 0.25) is 0 Å². The van der Waals surface area contributed by atoms with E-state index in [-0.39, 0.29) is 11.4 Å². The first-order chi connectivity index (χ1) is 13.6. The molecule has 0 saturated heterocycles. The maximum absolute atomic E-state index is 12.8. The van der Waals surface area contributed by atoms with Crippen LogP contribution in [0.25, 0.3) is 0 Å². The fraction of sp³-hybridized carbons (Fsp3) is 0.391. The molecule has 3 aliphatic carbocycles. The van der Waals surface area contributed by atoms with Crippen LogP contribution in [-0.2, 0) is 16.6 Å². The highest BCUT2D eigenvalue weighted by Gasteiger charge is 2.51. The van der Waals surface area contributed by atoms with E-state index in [1.165, 1.54) is 29.5 Å². The summed E-state index contributed by atoms with van der Waals surface area (Å²) in [5.74, 6) is 1.52. The number of hydrogen-bond acceptors (Lipinski definition) is 3. The van der Waals surface area contributed by atoms with Crippen LogP contribution in [0.3, 0.4) is 0 Å². The molecule has 0 atom stereocenters. The number of hydrogen-bond donors (Lipinski definition) is 2. The zero-order valence-electron chi connectivity index (χ0n) is 16.0. The molecule has 2 amide bonds. The molecule has 2 saturated carbocycles. The molecule has 5 heteroatoms. The number of nitrogens with one attached hydrogen (secondary N) is 2. The molecular weight excluding hydrogens is 352 g/mol. The van der Waals surface area contributed by atoms with Gasteiger partial charge in [0.1, 0.15) is 11.5 Å². The Labute approximate surface area is 164 Å². The largest absolute Gasteiger partial charge is 0.495 e. The highest BCUT2D eigenvalue weighted by Crippen LogP contribution is 2.54. The minimum absolute atomic E-state index is 0.282. The molecular formula is C23H24N2O3. The van der Waals surface area contributed by atoms with Crippen LogP contribution in [0.15, 0.2) is 36.4 Å². The Morgan fingerprint density at radius 1 is 1.14 bits per heavy atom. The maximum atomic E-state index is 12.8. The average molecular weight is 376 g/mol. The van der Waals surface area contributed by atoms with Gasteiger partial charge in [-0.2, -0.15) is 0 Å². The molecule has 2 aromatic carbocycles. The Kier molecular flexibility index (Phi) is 3.93. The van der Waals surface area contributed by atoms with Crippen molar-refractivity contribution in [1.82, 2.24) is 0 Å². The molecule has 0 bridgehead atoms. The Morgan fingerprint density at radius 3 is 2.61 bits per heavy atom. The Morgan fingerprint density at radius 2 is 1.93 bits per heavy atom. The number of carbonyl (C=O) groups is 2. The summed E-state index contributed by atoms with van der Waals surface area (Å²) < 4.78 is 5.30. The van der Waals surface area contributed by atoms with Crippen molar-refractivity contribution in [2.45, 2.75) is 49.9 Å². The van der Waals surface area contributed by atoms with Gasteiger partial charge < -0.3 is 15.4 Å². The normalized spacial score (nSPS) is 19.1. The number of ether oxygens (including phenoxy) is 1. The summed E-state index contributed by atoms with van der Waals surface area (Å²) in [6.45, 7) is 0. The van der Waals surface area contributed by atoms with Crippen molar-refractivity contribution in [3.05, 3.63) is 53.1 Å². The number of methoxy groups -OCH3 is 1. The van der Waals surface area contributed by atoms with Crippen LogP contribution in [0.2, 0.25) is 0 Å². The lowest BCUT2D eigenvalue weighted by molar-refractivity contribution is -0.125. The molecule has 2 N–H and O–H groups in total. The zero-order chi connectivity index (χ0) is 19.3. The molecule has 1 spiro atoms. The van der Waals surface area contributed by atoms with Gasteiger partial charge in [-0.25, -0.2) is 4.79 Å². The third-order valence-electron chi connectivity index (χ3n) is 6.51. The van der Waals surface area contributed by atoms with E-state index in [2.05, 4.69) is 16.7 Å². The van der Waals surface area contributed by atoms with Crippen molar-refractivity contribution in [1.29, 1.82) is 0 Å². The second kappa shape index (κ2) is 6.36. The number of Topliss-reactive ketones (excluding diaryl/α,β-unsaturated/α-hetero) is 1. The lowest BCUT2D eigenvalue weighted by atomic mass is 9.64. The van der Waals surface area contributed by atoms with Crippen LogP contribution in [-0.4, -0.2) is 18.9 Å². The number of benzene rings is 2. The van der Waals surface area contributed by atoms with Crippen molar-refractivity contribution in [2.24, 2.45) is 0 Å². The van der Waals surface area contributed by atoms with Gasteiger partial charge >= 0.3 is 6.03 Å². The highest BCUT2D eigenvalue weighted by atomic mass is 16.5. The van der Waals surface area contributed by atoms with Crippen LogP contribution < -0.4 is 15.4 Å². The Hall–Kier alpha value is -2.82. The number of carbonyl (C=O) groups excluding carboxylic acids is 2. The molecule has 0 aromatic heterocycles. The third-order valence-corrected chi connectivity index (χ3v) is 6.51. The third kappa shape index (κ3) is 2.68. The second-order valence-corrected chi connectivity index (χ2v) is 8.18. The molecule has 3 aliphatic rings. The molecule has 0 aliphatic heterocycles. The molecule has 2 aromatic rings. The molecule has 0 unspecified atom stereocenters. The zero-order valence-corrected chi connectivity index (χ0v) is 16.0. The highest BCUT2D eigenvalue weighted by molar-refractivity contribution is 6.02. The van der Waals surface area contributed by atoms with Gasteiger partial charge in [-0.1, -0.05) is 18.6 Å². The quantitative estimate of drug-likeness (QED) is 0.808. The van der Waals surface area contributed by atoms with Gasteiger partial charge in [-0.3, -0.25) is 4.79 Å². The van der Waals surface area contributed by atoms with Crippen LogP contribution in [0.5, 0.6) is 5.75 Å². The molecule has 5 nitrogen and oxygen atoms in total. The first-order valence-electron chi connectivity index (χ1n) is 10.0. The number of rotatable bonds is 4. The summed E-state index contributed by atoms with van der Waals surface area (Å²) in [7, 11) is 1.58. The van der Waals surface area contributed by atoms with Gasteiger partial charge in [0.25, 0.3) is 0 Å². The lowest BCUT2D eigenvalue weighted by Crippen LogP contribution is -2.39. The van der Waals surface area contributed by atoms with Crippen LogP contribution in [0.4, 0.5) is 16.2 Å². The first-order valence-corrected chi connectivity index (χ1v) is 10.0. The molecule has 0 heterocycles. The van der Waals surface area contributed by atoms with E-state index in [1.54, 1.807) is 13.2 Å². The standard InChI is InChI=1S/C23H24N2O3/c1-28-20-6-3-2-5-19(20)25-22(27)24-15-11-16(14-7-8-14)17-13-21(26)23(9-4-10-23)18(17)12-15/h2-3,5-6,11-12,14H,4,7-10,13H2,1H3,(H2,24,25,27). The van der Waals surface area contributed by atoms with E-state index in [0.717, 1.165) is 24.9 Å². The topological polar surface area (TPSA) is 67.4 Å². The summed E-state index contributed by atoms with van der Waals surface area (Å²) in [5, 5.41) is 5.84. The molecule has 2 fully saturated rings. The summed E-state index contributed by atoms with van der Waals surface area (Å²) >= 11 is 0. The first kappa shape index (κ1) is 17.3. The van der Waals surface area contributed by atoms with Crippen molar-refractivity contribution in [2.75, 3.05) is 17.7 Å². The van der Waals surface area contributed by atoms with Crippen LogP contribution >= 0.6 is 0 Å². The summed E-state index contributed by atoms with van der Waals surface area (Å²) in [5.41, 5.74) is 4.78. The Balaban J connectivity index is 1.44. The van der Waals surface area contributed by atoms with E-state index in [9.17, 15) is 9.59 Å². The molecule has 0 radical (unpaired) electrons. The van der Waals surface area contributed by atoms with E-state index >= 15 is 0 Å². The van der Waals surface area contributed by atoms with E-state index in [0.29, 0.717) is 29.6 Å². The number of anilines is 2. The number of para-hydroxylation sites is 2. The SMILES string of the molecule is COc1ccccc1NC(=O)Nc1cc(C2CC2)c2c(c1)C1(CCC1)C(=O)C2. The fourth-order valence-electron chi connectivity index (χ4n) is 4.74. The van der Waals surface area contributed by atoms with E-state index in [4.69, 9.17) is 4.74 Å². The predicted molar refractivity (Wildman–Crippen MR) is 108 cm³/mol.